The number of carbonyl (C=O) groups is 1. The van der Waals surface area contributed by atoms with Gasteiger partial charge < -0.3 is 15.1 Å². The fourth-order valence-corrected chi connectivity index (χ4v) is 2.22. The molecule has 0 aliphatic rings. The van der Waals surface area contributed by atoms with Gasteiger partial charge in [-0.3, -0.25) is 9.89 Å². The summed E-state index contributed by atoms with van der Waals surface area (Å²) in [6.45, 7) is 1.90. The van der Waals surface area contributed by atoms with Crippen LogP contribution in [0.5, 0.6) is 0 Å². The highest BCUT2D eigenvalue weighted by Crippen LogP contribution is 2.27. The van der Waals surface area contributed by atoms with E-state index >= 15 is 0 Å². The lowest BCUT2D eigenvalue weighted by atomic mass is 10.2. The second-order valence-electron chi connectivity index (χ2n) is 4.98. The monoisotopic (exact) mass is 284 g/mol. The fourth-order valence-electron chi connectivity index (χ4n) is 2.22. The number of fused-ring (bicyclic) bond motifs is 1. The number of para-hydroxylation sites is 1. The molecular formula is C15H16N4O2. The molecule has 1 amide bonds. The number of nitrogens with zero attached hydrogens (tertiary/aromatic N) is 2. The van der Waals surface area contributed by atoms with Gasteiger partial charge in [-0.1, -0.05) is 18.2 Å². The lowest BCUT2D eigenvalue weighted by Crippen LogP contribution is -2.30. The summed E-state index contributed by atoms with van der Waals surface area (Å²) in [7, 11) is 1.71. The summed E-state index contributed by atoms with van der Waals surface area (Å²) < 4.78 is 5.80. The van der Waals surface area contributed by atoms with E-state index in [4.69, 9.17) is 10.2 Å². The number of aromatic nitrogens is 2. The van der Waals surface area contributed by atoms with Crippen LogP contribution in [-0.2, 0) is 0 Å². The lowest BCUT2D eigenvalue weighted by molar-refractivity contribution is 0.0722. The predicted octanol–water partition coefficient (Wildman–Crippen LogP) is 2.57. The Bertz CT molecular complexity index is 757. The smallest absolute Gasteiger partial charge is 0.274 e. The van der Waals surface area contributed by atoms with E-state index in [2.05, 4.69) is 10.2 Å². The highest BCUT2D eigenvalue weighted by Gasteiger charge is 2.24. The predicted molar refractivity (Wildman–Crippen MR) is 79.7 cm³/mol. The summed E-state index contributed by atoms with van der Waals surface area (Å²) in [4.78, 5) is 14.0. The summed E-state index contributed by atoms with van der Waals surface area (Å²) in [6, 6.07) is 9.48. The quantitative estimate of drug-likeness (QED) is 0.773. The van der Waals surface area contributed by atoms with Crippen molar-refractivity contribution in [1.29, 1.82) is 0 Å². The van der Waals surface area contributed by atoms with Crippen LogP contribution in [0.2, 0.25) is 0 Å². The van der Waals surface area contributed by atoms with Crippen LogP contribution in [0.1, 0.15) is 29.2 Å². The molecule has 1 atom stereocenters. The number of H-pyrrole nitrogens is 1. The molecule has 21 heavy (non-hydrogen) atoms. The van der Waals surface area contributed by atoms with E-state index in [0.717, 1.165) is 16.7 Å². The standard InChI is InChI=1S/C15H16N4O2/c1-9(13-7-10-5-3-4-6-12(10)21-13)19(2)15(20)14-11(16)8-17-18-14/h3-9H,16H2,1-2H3,(H,17,18). The maximum absolute atomic E-state index is 12.4. The molecule has 0 fully saturated rings. The molecule has 0 bridgehead atoms. The normalized spacial score (nSPS) is 12.5. The van der Waals surface area contributed by atoms with E-state index < -0.39 is 0 Å². The van der Waals surface area contributed by atoms with Gasteiger partial charge in [0.25, 0.3) is 5.91 Å². The van der Waals surface area contributed by atoms with Gasteiger partial charge in [0.2, 0.25) is 0 Å². The van der Waals surface area contributed by atoms with Crippen LogP contribution < -0.4 is 5.73 Å². The van der Waals surface area contributed by atoms with Crippen LogP contribution in [-0.4, -0.2) is 28.1 Å². The van der Waals surface area contributed by atoms with Gasteiger partial charge in [-0.15, -0.1) is 0 Å². The molecule has 6 nitrogen and oxygen atoms in total. The minimum absolute atomic E-state index is 0.215. The maximum Gasteiger partial charge on any atom is 0.274 e. The number of rotatable bonds is 3. The summed E-state index contributed by atoms with van der Waals surface area (Å²) in [5.74, 6) is 0.503. The number of carbonyl (C=O) groups excluding carboxylic acids is 1. The average molecular weight is 284 g/mol. The van der Waals surface area contributed by atoms with Gasteiger partial charge >= 0.3 is 0 Å². The number of hydrogen-bond acceptors (Lipinski definition) is 4. The molecule has 0 radical (unpaired) electrons. The van der Waals surface area contributed by atoms with E-state index in [1.165, 1.54) is 6.20 Å². The number of benzene rings is 1. The van der Waals surface area contributed by atoms with Crippen molar-refractivity contribution >= 4 is 22.6 Å². The minimum atomic E-state index is -0.224. The Labute approximate surface area is 121 Å². The molecule has 1 aromatic carbocycles. The number of anilines is 1. The third kappa shape index (κ3) is 2.24. The zero-order chi connectivity index (χ0) is 15.0. The van der Waals surface area contributed by atoms with E-state index in [0.29, 0.717) is 11.4 Å². The molecule has 2 aromatic heterocycles. The van der Waals surface area contributed by atoms with Gasteiger partial charge in [0, 0.05) is 12.4 Å². The van der Waals surface area contributed by atoms with Crippen molar-refractivity contribution in [3.8, 4) is 0 Å². The van der Waals surface area contributed by atoms with Gasteiger partial charge in [0.15, 0.2) is 0 Å². The zero-order valence-electron chi connectivity index (χ0n) is 11.8. The van der Waals surface area contributed by atoms with Crippen molar-refractivity contribution in [2.75, 3.05) is 12.8 Å². The second-order valence-corrected chi connectivity index (χ2v) is 4.98. The third-order valence-electron chi connectivity index (χ3n) is 3.64. The van der Waals surface area contributed by atoms with Gasteiger partial charge in [0.1, 0.15) is 17.0 Å². The summed E-state index contributed by atoms with van der Waals surface area (Å²) in [6.07, 6.45) is 1.42. The van der Waals surface area contributed by atoms with Gasteiger partial charge in [-0.05, 0) is 19.1 Å². The van der Waals surface area contributed by atoms with E-state index in [1.54, 1.807) is 11.9 Å². The number of hydrogen-bond donors (Lipinski definition) is 2. The molecule has 6 heteroatoms. The number of amides is 1. The Morgan fingerprint density at radius 2 is 2.19 bits per heavy atom. The van der Waals surface area contributed by atoms with E-state index in [-0.39, 0.29) is 11.9 Å². The molecule has 2 heterocycles. The minimum Gasteiger partial charge on any atom is -0.459 e. The first-order valence-electron chi connectivity index (χ1n) is 6.62. The fraction of sp³-hybridized carbons (Fsp3) is 0.200. The van der Waals surface area contributed by atoms with E-state index in [9.17, 15) is 4.79 Å². The molecule has 3 aromatic rings. The number of nitrogens with one attached hydrogen (secondary N) is 1. The van der Waals surface area contributed by atoms with E-state index in [1.807, 2.05) is 37.3 Å². The van der Waals surface area contributed by atoms with Crippen molar-refractivity contribution < 1.29 is 9.21 Å². The topological polar surface area (TPSA) is 88.2 Å². The van der Waals surface area contributed by atoms with Crippen LogP contribution in [0.4, 0.5) is 5.69 Å². The first kappa shape index (κ1) is 13.2. The van der Waals surface area contributed by atoms with Crippen LogP contribution in [0.3, 0.4) is 0 Å². The van der Waals surface area contributed by atoms with Crippen LogP contribution in [0.25, 0.3) is 11.0 Å². The van der Waals surface area contributed by atoms with Crippen molar-refractivity contribution in [1.82, 2.24) is 15.1 Å². The van der Waals surface area contributed by atoms with Crippen molar-refractivity contribution in [2.45, 2.75) is 13.0 Å². The highest BCUT2D eigenvalue weighted by molar-refractivity contribution is 5.97. The van der Waals surface area contributed by atoms with Gasteiger partial charge in [-0.25, -0.2) is 0 Å². The average Bonchev–Trinajstić information content (AvgIpc) is 3.10. The van der Waals surface area contributed by atoms with Crippen LogP contribution >= 0.6 is 0 Å². The van der Waals surface area contributed by atoms with Crippen molar-refractivity contribution in [3.05, 3.63) is 48.0 Å². The Morgan fingerprint density at radius 3 is 2.86 bits per heavy atom. The molecule has 3 rings (SSSR count). The molecule has 0 aliphatic heterocycles. The highest BCUT2D eigenvalue weighted by atomic mass is 16.3. The first-order valence-corrected chi connectivity index (χ1v) is 6.62. The molecule has 0 saturated carbocycles. The van der Waals surface area contributed by atoms with Gasteiger partial charge in [-0.2, -0.15) is 5.10 Å². The van der Waals surface area contributed by atoms with Crippen LogP contribution in [0.15, 0.2) is 40.9 Å². The maximum atomic E-state index is 12.4. The molecular weight excluding hydrogens is 268 g/mol. The first-order chi connectivity index (χ1) is 10.1. The largest absolute Gasteiger partial charge is 0.459 e. The third-order valence-corrected chi connectivity index (χ3v) is 3.64. The van der Waals surface area contributed by atoms with Crippen molar-refractivity contribution in [3.63, 3.8) is 0 Å². The SMILES string of the molecule is CC(c1cc2ccccc2o1)N(C)C(=O)c1[nH]ncc1N. The summed E-state index contributed by atoms with van der Waals surface area (Å²) >= 11 is 0. The molecule has 1 unspecified atom stereocenters. The van der Waals surface area contributed by atoms with Gasteiger partial charge in [0.05, 0.1) is 17.9 Å². The number of nitrogens with two attached hydrogens (primary N) is 1. The lowest BCUT2D eigenvalue weighted by Gasteiger charge is -2.22. The molecule has 108 valence electrons. The molecule has 3 N–H and O–H groups in total. The Balaban J connectivity index is 1.88. The molecule has 0 aliphatic carbocycles. The Kier molecular flexibility index (Phi) is 3.13. The Hall–Kier alpha value is -2.76. The van der Waals surface area contributed by atoms with Crippen LogP contribution in [0, 0.1) is 0 Å². The number of furan rings is 1. The number of nitrogen functional groups attached to an aromatic ring is 1. The summed E-state index contributed by atoms with van der Waals surface area (Å²) in [5, 5.41) is 7.41. The Morgan fingerprint density at radius 1 is 1.43 bits per heavy atom. The molecule has 0 saturated heterocycles. The zero-order valence-corrected chi connectivity index (χ0v) is 11.8. The second kappa shape index (κ2) is 4.97. The number of aromatic amines is 1. The summed E-state index contributed by atoms with van der Waals surface area (Å²) in [5.41, 5.74) is 7.15. The molecule has 0 spiro atoms. The van der Waals surface area contributed by atoms with Crippen molar-refractivity contribution in [2.24, 2.45) is 0 Å².